The Bertz CT molecular complexity index is 508. The number of likely N-dealkylation sites (tertiary alicyclic amines) is 2. The van der Waals surface area contributed by atoms with Crippen LogP contribution in [-0.2, 0) is 0 Å². The van der Waals surface area contributed by atoms with Gasteiger partial charge in [-0.2, -0.15) is 0 Å². The maximum absolute atomic E-state index is 2.78. The fourth-order valence-electron chi connectivity index (χ4n) is 4.93. The highest BCUT2D eigenvalue weighted by Gasteiger charge is 2.46. The second kappa shape index (κ2) is 5.40. The molecule has 4 rings (SSSR count). The SMILES string of the molecule is Cc1ccccc1[C@H]1[C@@H]2CN(CC3CCC3)C[C@@H]2CN1C. The highest BCUT2D eigenvalue weighted by Crippen LogP contribution is 2.45. The number of benzene rings is 1. The van der Waals surface area contributed by atoms with Gasteiger partial charge in [0.25, 0.3) is 0 Å². The first-order chi connectivity index (χ1) is 10.2. The van der Waals surface area contributed by atoms with Crippen molar-refractivity contribution in [3.63, 3.8) is 0 Å². The smallest absolute Gasteiger partial charge is 0.0391 e. The van der Waals surface area contributed by atoms with E-state index in [9.17, 15) is 0 Å². The molecule has 0 aromatic heterocycles. The normalized spacial score (nSPS) is 34.1. The van der Waals surface area contributed by atoms with Crippen LogP contribution in [0.1, 0.15) is 36.4 Å². The molecule has 0 spiro atoms. The van der Waals surface area contributed by atoms with Crippen LogP contribution in [0, 0.1) is 24.7 Å². The van der Waals surface area contributed by atoms with E-state index in [-0.39, 0.29) is 0 Å². The van der Waals surface area contributed by atoms with Crippen molar-refractivity contribution < 1.29 is 0 Å². The van der Waals surface area contributed by atoms with Crippen molar-refractivity contribution >= 4 is 0 Å². The summed E-state index contributed by atoms with van der Waals surface area (Å²) in [6.45, 7) is 7.60. The number of aryl methyl sites for hydroxylation is 1. The Labute approximate surface area is 129 Å². The first kappa shape index (κ1) is 13.8. The van der Waals surface area contributed by atoms with Gasteiger partial charge in [0, 0.05) is 32.2 Å². The average Bonchev–Trinajstić information content (AvgIpc) is 2.91. The molecule has 3 atom stereocenters. The summed E-state index contributed by atoms with van der Waals surface area (Å²) in [5.74, 6) is 2.74. The van der Waals surface area contributed by atoms with Crippen molar-refractivity contribution in [1.29, 1.82) is 0 Å². The van der Waals surface area contributed by atoms with E-state index in [0.717, 1.165) is 17.8 Å². The molecule has 1 aromatic carbocycles. The van der Waals surface area contributed by atoms with Crippen molar-refractivity contribution in [1.82, 2.24) is 9.80 Å². The van der Waals surface area contributed by atoms with Crippen LogP contribution in [0.25, 0.3) is 0 Å². The van der Waals surface area contributed by atoms with E-state index in [4.69, 9.17) is 0 Å². The van der Waals surface area contributed by atoms with Crippen molar-refractivity contribution in [3.8, 4) is 0 Å². The molecule has 0 amide bonds. The van der Waals surface area contributed by atoms with E-state index < -0.39 is 0 Å². The molecule has 114 valence electrons. The lowest BCUT2D eigenvalue weighted by Crippen LogP contribution is -2.34. The summed E-state index contributed by atoms with van der Waals surface area (Å²) < 4.78 is 0. The third-order valence-corrected chi connectivity index (χ3v) is 6.22. The molecular weight excluding hydrogens is 256 g/mol. The van der Waals surface area contributed by atoms with Gasteiger partial charge < -0.3 is 4.90 Å². The van der Waals surface area contributed by atoms with Gasteiger partial charge in [-0.15, -0.1) is 0 Å². The number of hydrogen-bond acceptors (Lipinski definition) is 2. The molecule has 1 aliphatic carbocycles. The molecule has 3 fully saturated rings. The van der Waals surface area contributed by atoms with Gasteiger partial charge in [0.05, 0.1) is 0 Å². The maximum atomic E-state index is 2.78. The topological polar surface area (TPSA) is 6.48 Å². The van der Waals surface area contributed by atoms with E-state index in [1.165, 1.54) is 51.0 Å². The first-order valence-corrected chi connectivity index (χ1v) is 8.70. The molecule has 3 aliphatic rings. The Balaban J connectivity index is 1.51. The first-order valence-electron chi connectivity index (χ1n) is 8.70. The molecule has 1 aromatic rings. The van der Waals surface area contributed by atoms with Crippen LogP contribution >= 0.6 is 0 Å². The molecule has 0 N–H and O–H groups in total. The molecule has 0 unspecified atom stereocenters. The molecule has 0 bridgehead atoms. The molecular formula is C19H28N2. The summed E-state index contributed by atoms with van der Waals surface area (Å²) in [7, 11) is 2.33. The third-order valence-electron chi connectivity index (χ3n) is 6.22. The summed E-state index contributed by atoms with van der Waals surface area (Å²) in [6, 6.07) is 9.65. The molecule has 0 radical (unpaired) electrons. The lowest BCUT2D eigenvalue weighted by molar-refractivity contribution is 0.175. The van der Waals surface area contributed by atoms with Crippen LogP contribution in [-0.4, -0.2) is 43.0 Å². The fraction of sp³-hybridized carbons (Fsp3) is 0.684. The number of hydrogen-bond donors (Lipinski definition) is 0. The fourth-order valence-corrected chi connectivity index (χ4v) is 4.93. The Kier molecular flexibility index (Phi) is 3.55. The van der Waals surface area contributed by atoms with Gasteiger partial charge in [-0.25, -0.2) is 0 Å². The molecule has 2 aliphatic heterocycles. The summed E-state index contributed by atoms with van der Waals surface area (Å²) in [6.07, 6.45) is 4.43. The molecule has 2 heteroatoms. The van der Waals surface area contributed by atoms with Crippen LogP contribution in [0.15, 0.2) is 24.3 Å². The van der Waals surface area contributed by atoms with E-state index in [1.807, 2.05) is 0 Å². The predicted molar refractivity (Wildman–Crippen MR) is 87.3 cm³/mol. The summed E-state index contributed by atoms with van der Waals surface area (Å²) in [4.78, 5) is 5.38. The van der Waals surface area contributed by atoms with E-state index in [0.29, 0.717) is 6.04 Å². The van der Waals surface area contributed by atoms with Crippen LogP contribution < -0.4 is 0 Å². The highest BCUT2D eigenvalue weighted by molar-refractivity contribution is 5.31. The minimum Gasteiger partial charge on any atom is -0.302 e. The van der Waals surface area contributed by atoms with Gasteiger partial charge >= 0.3 is 0 Å². The largest absolute Gasteiger partial charge is 0.302 e. The van der Waals surface area contributed by atoms with Crippen molar-refractivity contribution in [2.24, 2.45) is 17.8 Å². The highest BCUT2D eigenvalue weighted by atomic mass is 15.2. The standard InChI is InChI=1S/C19H28N2/c1-14-6-3-4-9-17(14)19-18-13-21(10-15-7-5-8-15)12-16(18)11-20(19)2/h3-4,6,9,15-16,18-19H,5,7-8,10-13H2,1-2H3/t16-,18+,19-/m0/s1. The number of fused-ring (bicyclic) bond motifs is 1. The van der Waals surface area contributed by atoms with Crippen molar-refractivity contribution in [2.45, 2.75) is 32.2 Å². The van der Waals surface area contributed by atoms with Crippen LogP contribution in [0.4, 0.5) is 0 Å². The third kappa shape index (κ3) is 2.43. The van der Waals surface area contributed by atoms with Crippen LogP contribution in [0.3, 0.4) is 0 Å². The molecule has 21 heavy (non-hydrogen) atoms. The minimum absolute atomic E-state index is 0.641. The van der Waals surface area contributed by atoms with Gasteiger partial charge in [-0.3, -0.25) is 4.90 Å². The number of rotatable bonds is 3. The quantitative estimate of drug-likeness (QED) is 0.840. The Morgan fingerprint density at radius 2 is 1.90 bits per heavy atom. The van der Waals surface area contributed by atoms with Gasteiger partial charge in [-0.1, -0.05) is 30.7 Å². The molecule has 1 saturated carbocycles. The van der Waals surface area contributed by atoms with E-state index in [2.05, 4.69) is 48.0 Å². The van der Waals surface area contributed by atoms with Gasteiger partial charge in [0.15, 0.2) is 0 Å². The summed E-state index contributed by atoms with van der Waals surface area (Å²) in [5, 5.41) is 0. The average molecular weight is 284 g/mol. The maximum Gasteiger partial charge on any atom is 0.0391 e. The predicted octanol–water partition coefficient (Wildman–Crippen LogP) is 3.33. The minimum atomic E-state index is 0.641. The summed E-state index contributed by atoms with van der Waals surface area (Å²) >= 11 is 0. The van der Waals surface area contributed by atoms with Crippen molar-refractivity contribution in [3.05, 3.63) is 35.4 Å². The van der Waals surface area contributed by atoms with E-state index >= 15 is 0 Å². The Morgan fingerprint density at radius 1 is 1.10 bits per heavy atom. The second-order valence-electron chi connectivity index (χ2n) is 7.68. The second-order valence-corrected chi connectivity index (χ2v) is 7.68. The number of nitrogens with zero attached hydrogens (tertiary/aromatic N) is 2. The monoisotopic (exact) mass is 284 g/mol. The van der Waals surface area contributed by atoms with Crippen molar-refractivity contribution in [2.75, 3.05) is 33.2 Å². The van der Waals surface area contributed by atoms with Gasteiger partial charge in [0.1, 0.15) is 0 Å². The molecule has 2 heterocycles. The van der Waals surface area contributed by atoms with Gasteiger partial charge in [-0.05, 0) is 55.7 Å². The molecule has 2 nitrogen and oxygen atoms in total. The zero-order valence-electron chi connectivity index (χ0n) is 13.5. The lowest BCUT2D eigenvalue weighted by Gasteiger charge is -2.32. The van der Waals surface area contributed by atoms with E-state index in [1.54, 1.807) is 5.56 Å². The molecule has 2 saturated heterocycles. The van der Waals surface area contributed by atoms with Crippen LogP contribution in [0.2, 0.25) is 0 Å². The lowest BCUT2D eigenvalue weighted by atomic mass is 9.85. The van der Waals surface area contributed by atoms with Crippen LogP contribution in [0.5, 0.6) is 0 Å². The summed E-state index contributed by atoms with van der Waals surface area (Å²) in [5.41, 5.74) is 3.03. The Morgan fingerprint density at radius 3 is 2.62 bits per heavy atom. The van der Waals surface area contributed by atoms with Gasteiger partial charge in [0.2, 0.25) is 0 Å². The zero-order valence-corrected chi connectivity index (χ0v) is 13.5. The Hall–Kier alpha value is -0.860. The zero-order chi connectivity index (χ0) is 14.4.